The average molecular weight is 201 g/mol. The third kappa shape index (κ3) is 1.50. The first-order chi connectivity index (χ1) is 7.36. The first-order valence-corrected chi connectivity index (χ1v) is 6.18. The first-order valence-electron chi connectivity index (χ1n) is 6.18. The number of benzene rings is 1. The molecule has 80 valence electrons. The van der Waals surface area contributed by atoms with Crippen LogP contribution in [0.4, 0.5) is 0 Å². The van der Waals surface area contributed by atoms with Crippen molar-refractivity contribution in [3.05, 3.63) is 34.9 Å². The molecule has 0 bridgehead atoms. The topological polar surface area (TPSA) is 12.0 Å². The monoisotopic (exact) mass is 201 g/mol. The van der Waals surface area contributed by atoms with Crippen LogP contribution in [-0.2, 0) is 6.54 Å². The average Bonchev–Trinajstić information content (AvgIpc) is 2.85. The van der Waals surface area contributed by atoms with Crippen molar-refractivity contribution >= 4 is 0 Å². The minimum Gasteiger partial charge on any atom is -0.306 e. The van der Waals surface area contributed by atoms with E-state index in [1.165, 1.54) is 31.2 Å². The molecule has 0 aromatic heterocycles. The van der Waals surface area contributed by atoms with E-state index in [0.717, 1.165) is 12.5 Å². The minimum atomic E-state index is 0.655. The van der Waals surface area contributed by atoms with Gasteiger partial charge in [0.05, 0.1) is 0 Å². The number of nitrogens with one attached hydrogen (secondary N) is 1. The molecule has 1 aromatic carbocycles. The molecule has 1 fully saturated rings. The van der Waals surface area contributed by atoms with Crippen LogP contribution in [0, 0.1) is 12.8 Å². The Labute approximate surface area is 91.9 Å². The molecule has 1 N–H and O–H groups in total. The van der Waals surface area contributed by atoms with Gasteiger partial charge in [-0.25, -0.2) is 0 Å². The predicted octanol–water partition coefficient (Wildman–Crippen LogP) is 3.33. The van der Waals surface area contributed by atoms with Gasteiger partial charge in [-0.2, -0.15) is 0 Å². The van der Waals surface area contributed by atoms with Crippen molar-refractivity contribution in [2.75, 3.05) is 0 Å². The van der Waals surface area contributed by atoms with Crippen LogP contribution in [0.1, 0.15) is 48.4 Å². The maximum Gasteiger partial charge on any atom is 0.0354 e. The molecule has 1 heteroatoms. The van der Waals surface area contributed by atoms with Gasteiger partial charge in [0.25, 0.3) is 0 Å². The second-order valence-electron chi connectivity index (χ2n) is 5.05. The van der Waals surface area contributed by atoms with Gasteiger partial charge in [0.2, 0.25) is 0 Å². The van der Waals surface area contributed by atoms with Crippen LogP contribution >= 0.6 is 0 Å². The summed E-state index contributed by atoms with van der Waals surface area (Å²) in [6.45, 7) is 3.32. The van der Waals surface area contributed by atoms with Crippen molar-refractivity contribution < 1.29 is 0 Å². The summed E-state index contributed by atoms with van der Waals surface area (Å²) in [5, 5.41) is 3.70. The number of fused-ring (bicyclic) bond motifs is 1. The van der Waals surface area contributed by atoms with Crippen molar-refractivity contribution in [2.24, 2.45) is 5.92 Å². The van der Waals surface area contributed by atoms with Crippen molar-refractivity contribution in [1.82, 2.24) is 5.32 Å². The Balaban J connectivity index is 1.94. The minimum absolute atomic E-state index is 0.655. The summed E-state index contributed by atoms with van der Waals surface area (Å²) in [6.07, 6.45) is 5.71. The highest BCUT2D eigenvalue weighted by atomic mass is 14.9. The van der Waals surface area contributed by atoms with Crippen LogP contribution in [0.5, 0.6) is 0 Å². The zero-order valence-corrected chi connectivity index (χ0v) is 9.42. The Morgan fingerprint density at radius 1 is 1.20 bits per heavy atom. The van der Waals surface area contributed by atoms with Gasteiger partial charge in [-0.3, -0.25) is 0 Å². The number of aryl methyl sites for hydroxylation is 1. The van der Waals surface area contributed by atoms with Crippen molar-refractivity contribution in [3.8, 4) is 0 Å². The lowest BCUT2D eigenvalue weighted by Crippen LogP contribution is -2.19. The third-order valence-electron chi connectivity index (χ3n) is 4.15. The molecule has 1 unspecified atom stereocenters. The highest BCUT2D eigenvalue weighted by Gasteiger charge is 2.31. The summed E-state index contributed by atoms with van der Waals surface area (Å²) >= 11 is 0. The quantitative estimate of drug-likeness (QED) is 0.735. The zero-order chi connectivity index (χ0) is 10.3. The maximum absolute atomic E-state index is 3.70. The Morgan fingerprint density at radius 3 is 2.80 bits per heavy atom. The largest absolute Gasteiger partial charge is 0.306 e. The van der Waals surface area contributed by atoms with E-state index < -0.39 is 0 Å². The van der Waals surface area contributed by atoms with Gasteiger partial charge in [0.1, 0.15) is 0 Å². The summed E-state index contributed by atoms with van der Waals surface area (Å²) in [7, 11) is 0. The molecule has 1 aliphatic heterocycles. The lowest BCUT2D eigenvalue weighted by Gasteiger charge is -2.19. The van der Waals surface area contributed by atoms with E-state index in [-0.39, 0.29) is 0 Å². The lowest BCUT2D eigenvalue weighted by atomic mass is 9.91. The van der Waals surface area contributed by atoms with Crippen LogP contribution in [-0.4, -0.2) is 0 Å². The number of rotatable bonds is 1. The summed E-state index contributed by atoms with van der Waals surface area (Å²) in [5.41, 5.74) is 4.61. The van der Waals surface area contributed by atoms with Gasteiger partial charge >= 0.3 is 0 Å². The molecule has 1 saturated carbocycles. The van der Waals surface area contributed by atoms with Gasteiger partial charge in [0, 0.05) is 12.6 Å². The summed E-state index contributed by atoms with van der Waals surface area (Å²) in [5.74, 6) is 0.896. The molecule has 2 aliphatic rings. The van der Waals surface area contributed by atoms with Crippen LogP contribution in [0.3, 0.4) is 0 Å². The van der Waals surface area contributed by atoms with E-state index in [2.05, 4.69) is 30.4 Å². The first kappa shape index (κ1) is 9.41. The molecule has 1 aromatic rings. The zero-order valence-electron chi connectivity index (χ0n) is 9.42. The Hall–Kier alpha value is -0.820. The molecule has 1 nitrogen and oxygen atoms in total. The van der Waals surface area contributed by atoms with E-state index in [1.54, 1.807) is 11.1 Å². The fourth-order valence-electron chi connectivity index (χ4n) is 3.29. The fourth-order valence-corrected chi connectivity index (χ4v) is 3.29. The highest BCUT2D eigenvalue weighted by Crippen LogP contribution is 2.40. The molecule has 1 atom stereocenters. The van der Waals surface area contributed by atoms with Crippen LogP contribution in [0.2, 0.25) is 0 Å². The Morgan fingerprint density at radius 2 is 2.00 bits per heavy atom. The highest BCUT2D eigenvalue weighted by molar-refractivity contribution is 5.40. The van der Waals surface area contributed by atoms with E-state index >= 15 is 0 Å². The second-order valence-corrected chi connectivity index (χ2v) is 5.05. The summed E-state index contributed by atoms with van der Waals surface area (Å²) in [6, 6.07) is 7.42. The number of hydrogen-bond acceptors (Lipinski definition) is 1. The van der Waals surface area contributed by atoms with Gasteiger partial charge in [0.15, 0.2) is 0 Å². The van der Waals surface area contributed by atoms with Crippen molar-refractivity contribution in [3.63, 3.8) is 0 Å². The molecular weight excluding hydrogens is 182 g/mol. The van der Waals surface area contributed by atoms with E-state index in [9.17, 15) is 0 Å². The van der Waals surface area contributed by atoms with Crippen molar-refractivity contribution in [2.45, 2.75) is 45.2 Å². The molecule has 0 saturated heterocycles. The molecule has 1 aliphatic carbocycles. The molecule has 0 amide bonds. The van der Waals surface area contributed by atoms with Crippen LogP contribution in [0.25, 0.3) is 0 Å². The van der Waals surface area contributed by atoms with Crippen molar-refractivity contribution in [1.29, 1.82) is 0 Å². The second kappa shape index (κ2) is 3.64. The molecule has 0 spiro atoms. The van der Waals surface area contributed by atoms with E-state index in [4.69, 9.17) is 0 Å². The van der Waals surface area contributed by atoms with Gasteiger partial charge in [-0.05, 0) is 42.4 Å². The van der Waals surface area contributed by atoms with Crippen LogP contribution in [0.15, 0.2) is 18.2 Å². The Bertz CT molecular complexity index is 364. The molecule has 15 heavy (non-hydrogen) atoms. The Kier molecular flexibility index (Phi) is 2.28. The third-order valence-corrected chi connectivity index (χ3v) is 4.15. The smallest absolute Gasteiger partial charge is 0.0354 e. The fraction of sp³-hybridized carbons (Fsp3) is 0.571. The van der Waals surface area contributed by atoms with Gasteiger partial charge in [-0.1, -0.05) is 31.0 Å². The molecule has 1 heterocycles. The standard InChI is InChI=1S/C14H19N/c1-10-5-4-8-12-13(10)9-15-14(12)11-6-2-3-7-11/h4-5,8,11,14-15H,2-3,6-7,9H2,1H3. The maximum atomic E-state index is 3.70. The van der Waals surface area contributed by atoms with Crippen LogP contribution < -0.4 is 5.32 Å². The number of hydrogen-bond donors (Lipinski definition) is 1. The lowest BCUT2D eigenvalue weighted by molar-refractivity contribution is 0.390. The van der Waals surface area contributed by atoms with E-state index in [0.29, 0.717) is 6.04 Å². The van der Waals surface area contributed by atoms with E-state index in [1.807, 2.05) is 0 Å². The SMILES string of the molecule is Cc1cccc2c1CNC2C1CCCC1. The van der Waals surface area contributed by atoms with Gasteiger partial charge < -0.3 is 5.32 Å². The molecule has 0 radical (unpaired) electrons. The molecular formula is C14H19N. The molecule has 3 rings (SSSR count). The summed E-state index contributed by atoms with van der Waals surface area (Å²) in [4.78, 5) is 0. The predicted molar refractivity (Wildman–Crippen MR) is 62.7 cm³/mol. The normalized spacial score (nSPS) is 25.8. The van der Waals surface area contributed by atoms with Gasteiger partial charge in [-0.15, -0.1) is 0 Å². The summed E-state index contributed by atoms with van der Waals surface area (Å²) < 4.78 is 0.